The van der Waals surface area contributed by atoms with E-state index in [1.165, 1.54) is 25.7 Å². The van der Waals surface area contributed by atoms with Crippen LogP contribution in [0.4, 0.5) is 0 Å². The van der Waals surface area contributed by atoms with E-state index in [1.54, 1.807) is 6.07 Å². The minimum atomic E-state index is 0.0836. The summed E-state index contributed by atoms with van der Waals surface area (Å²) >= 11 is 9.59. The molecule has 3 rings (SSSR count). The molecule has 1 amide bonds. The smallest absolute Gasteiger partial charge is 0.255 e. The van der Waals surface area contributed by atoms with Crippen molar-refractivity contribution in [2.75, 3.05) is 13.1 Å². The summed E-state index contributed by atoms with van der Waals surface area (Å²) in [7, 11) is 0. The van der Waals surface area contributed by atoms with Crippen LogP contribution in [-0.2, 0) is 0 Å². The van der Waals surface area contributed by atoms with Crippen molar-refractivity contribution in [1.29, 1.82) is 0 Å². The Labute approximate surface area is 133 Å². The topological polar surface area (TPSA) is 20.3 Å². The van der Waals surface area contributed by atoms with E-state index in [2.05, 4.69) is 15.9 Å². The fourth-order valence-corrected chi connectivity index (χ4v) is 4.18. The second-order valence-corrected chi connectivity index (χ2v) is 7.29. The van der Waals surface area contributed by atoms with Crippen LogP contribution in [0.2, 0.25) is 5.02 Å². The van der Waals surface area contributed by atoms with Gasteiger partial charge in [0, 0.05) is 17.6 Å². The molecular formula is C16H19BrClNO. The van der Waals surface area contributed by atoms with E-state index in [4.69, 9.17) is 11.6 Å². The number of fused-ring (bicyclic) bond motifs is 1. The number of amides is 1. The van der Waals surface area contributed by atoms with E-state index >= 15 is 0 Å². The van der Waals surface area contributed by atoms with Crippen molar-refractivity contribution in [1.82, 2.24) is 4.90 Å². The second-order valence-electron chi connectivity index (χ2n) is 5.97. The highest BCUT2D eigenvalue weighted by atomic mass is 79.9. The van der Waals surface area contributed by atoms with Crippen LogP contribution in [0.15, 0.2) is 22.7 Å². The minimum absolute atomic E-state index is 0.0836. The maximum atomic E-state index is 12.7. The second kappa shape index (κ2) is 6.07. The number of hydrogen-bond acceptors (Lipinski definition) is 1. The summed E-state index contributed by atoms with van der Waals surface area (Å²) in [5.41, 5.74) is 0.621. The summed E-state index contributed by atoms with van der Waals surface area (Å²) in [6.45, 7) is 1.79. The van der Waals surface area contributed by atoms with Crippen molar-refractivity contribution in [2.45, 2.75) is 32.1 Å². The summed E-state index contributed by atoms with van der Waals surface area (Å²) in [6.07, 6.45) is 6.47. The van der Waals surface area contributed by atoms with E-state index in [9.17, 15) is 4.79 Å². The van der Waals surface area contributed by atoms with Gasteiger partial charge < -0.3 is 4.90 Å². The molecule has 2 fully saturated rings. The van der Waals surface area contributed by atoms with Gasteiger partial charge in [0.1, 0.15) is 0 Å². The molecule has 2 nitrogen and oxygen atoms in total. The molecule has 4 heteroatoms. The first-order valence-electron chi connectivity index (χ1n) is 7.39. The largest absolute Gasteiger partial charge is 0.338 e. The lowest BCUT2D eigenvalue weighted by Crippen LogP contribution is -2.44. The number of benzene rings is 1. The number of hydrogen-bond donors (Lipinski definition) is 0. The fraction of sp³-hybridized carbons (Fsp3) is 0.562. The Bertz CT molecular complexity index is 519. The predicted octanol–water partition coefficient (Wildman–Crippen LogP) is 4.75. The maximum Gasteiger partial charge on any atom is 0.255 e. The molecule has 2 aliphatic rings. The minimum Gasteiger partial charge on any atom is -0.338 e. The van der Waals surface area contributed by atoms with Crippen molar-refractivity contribution in [2.24, 2.45) is 11.8 Å². The molecule has 1 saturated heterocycles. The van der Waals surface area contributed by atoms with Gasteiger partial charge in [0.05, 0.1) is 10.6 Å². The summed E-state index contributed by atoms with van der Waals surface area (Å²) in [5, 5.41) is 0.545. The van der Waals surface area contributed by atoms with Crippen molar-refractivity contribution in [3.63, 3.8) is 0 Å². The van der Waals surface area contributed by atoms with E-state index in [0.29, 0.717) is 16.5 Å². The Balaban J connectivity index is 1.76. The van der Waals surface area contributed by atoms with Crippen molar-refractivity contribution in [3.8, 4) is 0 Å². The van der Waals surface area contributed by atoms with Crippen molar-refractivity contribution < 1.29 is 4.79 Å². The first kappa shape index (κ1) is 14.4. The average Bonchev–Trinajstić information content (AvgIpc) is 2.48. The Morgan fingerprint density at radius 1 is 1.20 bits per heavy atom. The predicted molar refractivity (Wildman–Crippen MR) is 85.1 cm³/mol. The van der Waals surface area contributed by atoms with Crippen LogP contribution >= 0.6 is 27.5 Å². The molecule has 1 saturated carbocycles. The highest BCUT2D eigenvalue weighted by molar-refractivity contribution is 9.10. The maximum absolute atomic E-state index is 12.7. The zero-order valence-electron chi connectivity index (χ0n) is 11.4. The third-order valence-electron chi connectivity index (χ3n) is 4.74. The molecule has 2 atom stereocenters. The number of carbonyl (C=O) groups is 1. The van der Waals surface area contributed by atoms with Gasteiger partial charge in [-0.05, 0) is 42.9 Å². The van der Waals surface area contributed by atoms with E-state index in [1.807, 2.05) is 17.0 Å². The molecule has 0 unspecified atom stereocenters. The number of piperidine rings is 1. The third-order valence-corrected chi connectivity index (χ3v) is 5.56. The first-order chi connectivity index (χ1) is 9.65. The van der Waals surface area contributed by atoms with Crippen molar-refractivity contribution >= 4 is 33.4 Å². The van der Waals surface area contributed by atoms with Gasteiger partial charge in [0.25, 0.3) is 5.91 Å². The van der Waals surface area contributed by atoms with Crippen LogP contribution in [0.3, 0.4) is 0 Å². The lowest BCUT2D eigenvalue weighted by atomic mass is 9.75. The fourth-order valence-electron chi connectivity index (χ4n) is 3.62. The van der Waals surface area contributed by atoms with Gasteiger partial charge in [-0.1, -0.05) is 46.8 Å². The molecule has 0 N–H and O–H groups in total. The molecule has 0 aromatic heterocycles. The van der Waals surface area contributed by atoms with Gasteiger partial charge in [-0.15, -0.1) is 0 Å². The Kier molecular flexibility index (Phi) is 4.37. The Hall–Kier alpha value is -0.540. The van der Waals surface area contributed by atoms with Gasteiger partial charge in [0.2, 0.25) is 0 Å². The standard InChI is InChI=1S/C16H19BrClNO/c17-13-5-6-15(18)14(9-13)16(20)19-8-7-11-3-1-2-4-12(11)10-19/h5-6,9,11-12H,1-4,7-8,10H2/t11-,12+/m0/s1. The molecule has 1 aliphatic heterocycles. The number of halogens is 2. The zero-order chi connectivity index (χ0) is 14.1. The SMILES string of the molecule is O=C(c1cc(Br)ccc1Cl)N1CC[C@@H]2CCCC[C@@H]2C1. The highest BCUT2D eigenvalue weighted by Gasteiger charge is 2.33. The van der Waals surface area contributed by atoms with Crippen LogP contribution in [0.1, 0.15) is 42.5 Å². The van der Waals surface area contributed by atoms with E-state index < -0.39 is 0 Å². The molecular weight excluding hydrogens is 338 g/mol. The van der Waals surface area contributed by atoms with E-state index in [-0.39, 0.29) is 5.91 Å². The molecule has 0 bridgehead atoms. The van der Waals surface area contributed by atoms with Gasteiger partial charge >= 0.3 is 0 Å². The van der Waals surface area contributed by atoms with Crippen molar-refractivity contribution in [3.05, 3.63) is 33.3 Å². The molecule has 1 aromatic carbocycles. The molecule has 1 aromatic rings. The highest BCUT2D eigenvalue weighted by Crippen LogP contribution is 2.36. The monoisotopic (exact) mass is 355 g/mol. The first-order valence-corrected chi connectivity index (χ1v) is 8.56. The normalized spacial score (nSPS) is 26.2. The molecule has 0 radical (unpaired) electrons. The summed E-state index contributed by atoms with van der Waals surface area (Å²) < 4.78 is 0.901. The lowest BCUT2D eigenvalue weighted by Gasteiger charge is -2.41. The Morgan fingerprint density at radius 2 is 1.95 bits per heavy atom. The number of carbonyl (C=O) groups excluding carboxylic acids is 1. The van der Waals surface area contributed by atoms with Crippen LogP contribution in [0, 0.1) is 11.8 Å². The quantitative estimate of drug-likeness (QED) is 0.710. The summed E-state index contributed by atoms with van der Waals surface area (Å²) in [5.74, 6) is 1.62. The molecule has 1 aliphatic carbocycles. The van der Waals surface area contributed by atoms with E-state index in [0.717, 1.165) is 29.9 Å². The van der Waals surface area contributed by atoms with Gasteiger partial charge in [-0.3, -0.25) is 4.79 Å². The number of rotatable bonds is 1. The summed E-state index contributed by atoms with van der Waals surface area (Å²) in [6, 6.07) is 5.48. The van der Waals surface area contributed by atoms with Gasteiger partial charge in [0.15, 0.2) is 0 Å². The number of likely N-dealkylation sites (tertiary alicyclic amines) is 1. The lowest BCUT2D eigenvalue weighted by molar-refractivity contribution is 0.0521. The van der Waals surface area contributed by atoms with Gasteiger partial charge in [-0.2, -0.15) is 0 Å². The zero-order valence-corrected chi connectivity index (χ0v) is 13.8. The molecule has 0 spiro atoms. The molecule has 20 heavy (non-hydrogen) atoms. The number of nitrogens with zero attached hydrogens (tertiary/aromatic N) is 1. The summed E-state index contributed by atoms with van der Waals surface area (Å²) in [4.78, 5) is 14.7. The van der Waals surface area contributed by atoms with Crippen LogP contribution < -0.4 is 0 Å². The van der Waals surface area contributed by atoms with Crippen LogP contribution in [0.25, 0.3) is 0 Å². The Morgan fingerprint density at radius 3 is 2.75 bits per heavy atom. The molecule has 1 heterocycles. The third kappa shape index (κ3) is 2.89. The van der Waals surface area contributed by atoms with Gasteiger partial charge in [-0.25, -0.2) is 0 Å². The van der Waals surface area contributed by atoms with Crippen LogP contribution in [-0.4, -0.2) is 23.9 Å². The molecule has 108 valence electrons. The van der Waals surface area contributed by atoms with Crippen LogP contribution in [0.5, 0.6) is 0 Å². The average molecular weight is 357 g/mol.